The number of ether oxygens (including phenoxy) is 1. The van der Waals surface area contributed by atoms with Crippen molar-refractivity contribution < 1.29 is 9.53 Å². The van der Waals surface area contributed by atoms with Crippen molar-refractivity contribution in [3.63, 3.8) is 0 Å². The molecule has 0 bridgehead atoms. The van der Waals surface area contributed by atoms with Gasteiger partial charge >= 0.3 is 0 Å². The molecule has 92 valence electrons. The van der Waals surface area contributed by atoms with Crippen LogP contribution in [0.1, 0.15) is 27.0 Å². The molecule has 1 aromatic heterocycles. The Labute approximate surface area is 106 Å². The smallest absolute Gasteiger partial charge is 0.219 e. The molecule has 18 heavy (non-hydrogen) atoms. The summed E-state index contributed by atoms with van der Waals surface area (Å²) in [4.78, 5) is 14.7. The summed E-state index contributed by atoms with van der Waals surface area (Å²) in [6.45, 7) is 6.07. The van der Waals surface area contributed by atoms with Gasteiger partial charge in [-0.05, 0) is 43.5 Å². The molecule has 1 aromatic carbocycles. The lowest BCUT2D eigenvalue weighted by molar-refractivity contribution is 0.112. The summed E-state index contributed by atoms with van der Waals surface area (Å²) in [5.74, 6) is 1.33. The van der Waals surface area contributed by atoms with Gasteiger partial charge in [0, 0.05) is 17.8 Å². The molecule has 3 nitrogen and oxygen atoms in total. The highest BCUT2D eigenvalue weighted by Crippen LogP contribution is 2.29. The van der Waals surface area contributed by atoms with Crippen molar-refractivity contribution >= 4 is 6.29 Å². The van der Waals surface area contributed by atoms with Crippen LogP contribution in [0.5, 0.6) is 11.6 Å². The third-order valence-corrected chi connectivity index (χ3v) is 2.98. The Morgan fingerprint density at radius 1 is 1.06 bits per heavy atom. The van der Waals surface area contributed by atoms with Crippen molar-refractivity contribution in [2.75, 3.05) is 0 Å². The van der Waals surface area contributed by atoms with Crippen molar-refractivity contribution in [2.24, 2.45) is 0 Å². The molecule has 0 fully saturated rings. The molecule has 0 aliphatic heterocycles. The molecule has 0 aliphatic rings. The molecular formula is C15H15NO2. The zero-order valence-electron chi connectivity index (χ0n) is 10.7. The summed E-state index contributed by atoms with van der Waals surface area (Å²) in [6.07, 6.45) is 2.27. The largest absolute Gasteiger partial charge is 0.438 e. The lowest BCUT2D eigenvalue weighted by atomic mass is 10.1. The van der Waals surface area contributed by atoms with Gasteiger partial charge in [-0.1, -0.05) is 12.1 Å². The van der Waals surface area contributed by atoms with Crippen molar-refractivity contribution in [2.45, 2.75) is 20.8 Å². The molecule has 0 saturated carbocycles. The average molecular weight is 241 g/mol. The van der Waals surface area contributed by atoms with Crippen LogP contribution in [-0.2, 0) is 0 Å². The fourth-order valence-electron chi connectivity index (χ4n) is 1.71. The molecule has 0 atom stereocenters. The summed E-state index contributed by atoms with van der Waals surface area (Å²) < 4.78 is 5.79. The Bertz CT molecular complexity index is 574. The minimum absolute atomic E-state index is 0.498. The van der Waals surface area contributed by atoms with Gasteiger partial charge in [0.05, 0.1) is 0 Å². The molecule has 1 heterocycles. The molecule has 2 rings (SSSR count). The van der Waals surface area contributed by atoms with E-state index >= 15 is 0 Å². The van der Waals surface area contributed by atoms with E-state index in [1.165, 1.54) is 11.8 Å². The number of pyridine rings is 1. The fourth-order valence-corrected chi connectivity index (χ4v) is 1.71. The van der Waals surface area contributed by atoms with E-state index in [2.05, 4.69) is 11.1 Å². The zero-order valence-corrected chi connectivity index (χ0v) is 10.7. The van der Waals surface area contributed by atoms with Crippen LogP contribution < -0.4 is 4.74 Å². The van der Waals surface area contributed by atoms with Crippen LogP contribution in [0.4, 0.5) is 0 Å². The van der Waals surface area contributed by atoms with Gasteiger partial charge in [0.2, 0.25) is 5.88 Å². The number of hydrogen-bond acceptors (Lipinski definition) is 3. The maximum absolute atomic E-state index is 10.5. The Kier molecular flexibility index (Phi) is 3.42. The minimum Gasteiger partial charge on any atom is -0.438 e. The number of carbonyl (C=O) groups excluding carboxylic acids is 1. The van der Waals surface area contributed by atoms with E-state index in [0.29, 0.717) is 11.4 Å². The Morgan fingerprint density at radius 2 is 1.78 bits per heavy atom. The SMILES string of the molecule is Cc1ccc(C)c(Oc2ccc(C=O)cn2)c1C. The van der Waals surface area contributed by atoms with E-state index in [0.717, 1.165) is 23.2 Å². The number of aromatic nitrogens is 1. The summed E-state index contributed by atoms with van der Waals surface area (Å²) in [7, 11) is 0. The topological polar surface area (TPSA) is 39.2 Å². The molecule has 0 aliphatic carbocycles. The second-order valence-corrected chi connectivity index (χ2v) is 4.30. The molecule has 2 aromatic rings. The summed E-state index contributed by atoms with van der Waals surface area (Å²) >= 11 is 0. The van der Waals surface area contributed by atoms with E-state index in [1.807, 2.05) is 26.8 Å². The van der Waals surface area contributed by atoms with E-state index < -0.39 is 0 Å². The number of aryl methyl sites for hydroxylation is 2. The summed E-state index contributed by atoms with van der Waals surface area (Å²) in [5.41, 5.74) is 3.90. The number of aldehydes is 1. The number of rotatable bonds is 3. The third kappa shape index (κ3) is 2.40. The first-order valence-electron chi connectivity index (χ1n) is 5.77. The van der Waals surface area contributed by atoms with Crippen LogP contribution in [0.2, 0.25) is 0 Å². The maximum atomic E-state index is 10.5. The van der Waals surface area contributed by atoms with Gasteiger partial charge in [-0.2, -0.15) is 0 Å². The number of carbonyl (C=O) groups is 1. The first-order chi connectivity index (χ1) is 8.61. The maximum Gasteiger partial charge on any atom is 0.219 e. The monoisotopic (exact) mass is 241 g/mol. The fraction of sp³-hybridized carbons (Fsp3) is 0.200. The third-order valence-electron chi connectivity index (χ3n) is 2.98. The quantitative estimate of drug-likeness (QED) is 0.770. The molecule has 3 heteroatoms. The highest BCUT2D eigenvalue weighted by Gasteiger charge is 2.08. The van der Waals surface area contributed by atoms with Crippen molar-refractivity contribution in [1.82, 2.24) is 4.98 Å². The van der Waals surface area contributed by atoms with Gasteiger partial charge in [-0.25, -0.2) is 4.98 Å². The van der Waals surface area contributed by atoms with Gasteiger partial charge in [-0.15, -0.1) is 0 Å². The van der Waals surface area contributed by atoms with Crippen molar-refractivity contribution in [3.05, 3.63) is 52.7 Å². The van der Waals surface area contributed by atoms with Crippen molar-refractivity contribution in [1.29, 1.82) is 0 Å². The van der Waals surface area contributed by atoms with Crippen LogP contribution in [0.15, 0.2) is 30.5 Å². The Balaban J connectivity index is 2.33. The summed E-state index contributed by atoms with van der Waals surface area (Å²) in [5, 5.41) is 0. The van der Waals surface area contributed by atoms with Gasteiger partial charge in [-0.3, -0.25) is 4.79 Å². The molecular weight excluding hydrogens is 226 g/mol. The van der Waals surface area contributed by atoms with Crippen LogP contribution >= 0.6 is 0 Å². The lowest BCUT2D eigenvalue weighted by Gasteiger charge is -2.12. The predicted molar refractivity (Wildman–Crippen MR) is 70.4 cm³/mol. The normalized spacial score (nSPS) is 10.2. The molecule has 0 unspecified atom stereocenters. The van der Waals surface area contributed by atoms with Gasteiger partial charge < -0.3 is 4.74 Å². The van der Waals surface area contributed by atoms with Crippen LogP contribution in [-0.4, -0.2) is 11.3 Å². The van der Waals surface area contributed by atoms with Crippen LogP contribution in [0, 0.1) is 20.8 Å². The van der Waals surface area contributed by atoms with Gasteiger partial charge in [0.25, 0.3) is 0 Å². The number of benzene rings is 1. The van der Waals surface area contributed by atoms with E-state index in [4.69, 9.17) is 4.74 Å². The second kappa shape index (κ2) is 5.00. The van der Waals surface area contributed by atoms with E-state index in [-0.39, 0.29) is 0 Å². The van der Waals surface area contributed by atoms with Gasteiger partial charge in [0.1, 0.15) is 5.75 Å². The average Bonchev–Trinajstić information content (AvgIpc) is 2.40. The Morgan fingerprint density at radius 3 is 2.39 bits per heavy atom. The highest BCUT2D eigenvalue weighted by molar-refractivity contribution is 5.74. The van der Waals surface area contributed by atoms with E-state index in [1.54, 1.807) is 12.1 Å². The number of hydrogen-bond donors (Lipinski definition) is 0. The standard InChI is InChI=1S/C15H15NO2/c1-10-4-5-11(2)15(12(10)3)18-14-7-6-13(9-17)8-16-14/h4-9H,1-3H3. The molecule has 0 amide bonds. The molecule has 0 radical (unpaired) electrons. The molecule has 0 saturated heterocycles. The van der Waals surface area contributed by atoms with Gasteiger partial charge in [0.15, 0.2) is 6.29 Å². The van der Waals surface area contributed by atoms with Crippen LogP contribution in [0.25, 0.3) is 0 Å². The van der Waals surface area contributed by atoms with Crippen LogP contribution in [0.3, 0.4) is 0 Å². The second-order valence-electron chi connectivity index (χ2n) is 4.30. The highest BCUT2D eigenvalue weighted by atomic mass is 16.5. The number of nitrogens with zero attached hydrogens (tertiary/aromatic N) is 1. The first-order valence-corrected chi connectivity index (χ1v) is 5.77. The zero-order chi connectivity index (χ0) is 13.1. The lowest BCUT2D eigenvalue weighted by Crippen LogP contribution is -1.95. The predicted octanol–water partition coefficient (Wildman–Crippen LogP) is 3.61. The molecule has 0 N–H and O–H groups in total. The first kappa shape index (κ1) is 12.3. The Hall–Kier alpha value is -2.16. The molecule has 0 spiro atoms. The summed E-state index contributed by atoms with van der Waals surface area (Å²) in [6, 6.07) is 7.48. The van der Waals surface area contributed by atoms with Crippen molar-refractivity contribution in [3.8, 4) is 11.6 Å². The minimum atomic E-state index is 0.498. The van der Waals surface area contributed by atoms with E-state index in [9.17, 15) is 4.79 Å².